The number of hydrogen-bond acceptors (Lipinski definition) is 10. The van der Waals surface area contributed by atoms with Gasteiger partial charge in [-0.1, -0.05) is 122 Å². The summed E-state index contributed by atoms with van der Waals surface area (Å²) in [5.74, 6) is -1.75. The Morgan fingerprint density at radius 1 is 0.562 bits per heavy atom. The van der Waals surface area contributed by atoms with Crippen LogP contribution in [0, 0.1) is 0 Å². The zero-order valence-corrected chi connectivity index (χ0v) is 30.6. The first-order chi connectivity index (χ1) is 23.3. The maximum Gasteiger partial charge on any atom is 0.306 e. The molecule has 0 saturated carbocycles. The van der Waals surface area contributed by atoms with Gasteiger partial charge in [-0.2, -0.15) is 0 Å². The van der Waals surface area contributed by atoms with Crippen LogP contribution in [0.15, 0.2) is 35.2 Å². The molecule has 0 amide bonds. The van der Waals surface area contributed by atoms with Crippen molar-refractivity contribution in [3.05, 3.63) is 30.3 Å². The first-order valence-corrected chi connectivity index (χ1v) is 19.3. The van der Waals surface area contributed by atoms with E-state index in [2.05, 4.69) is 20.8 Å². The second-order valence-electron chi connectivity index (χ2n) is 12.6. The molecule has 2 rings (SSSR count). The van der Waals surface area contributed by atoms with Gasteiger partial charge < -0.3 is 23.7 Å². The van der Waals surface area contributed by atoms with Gasteiger partial charge in [-0.05, 0) is 37.8 Å². The smallest absolute Gasteiger partial charge is 0.306 e. The lowest BCUT2D eigenvalue weighted by Gasteiger charge is -2.44. The lowest BCUT2D eigenvalue weighted by atomic mass is 9.98. The Hall–Kier alpha value is -2.59. The molecule has 1 aromatic carbocycles. The van der Waals surface area contributed by atoms with Crippen LogP contribution in [0.25, 0.3) is 0 Å². The number of ether oxygens (including phenoxy) is 5. The van der Waals surface area contributed by atoms with E-state index in [-0.39, 0.29) is 38.3 Å². The van der Waals surface area contributed by atoms with Crippen LogP contribution in [0.2, 0.25) is 0 Å². The van der Waals surface area contributed by atoms with Crippen molar-refractivity contribution in [2.24, 2.45) is 0 Å². The summed E-state index contributed by atoms with van der Waals surface area (Å²) in [6.45, 7) is 8.09. The SMILES string of the molecule is CCCCCCCC(=O)O[C@H]1[C@@H](OC(=O)CCCCC)[C@H](OC(=O)CCCCC)[C@@H](COC(=O)CCCCC)O[C@@H]1Sc1ccccc1. The number of carbonyl (C=O) groups excluding carboxylic acids is 4. The largest absolute Gasteiger partial charge is 0.463 e. The van der Waals surface area contributed by atoms with E-state index in [1.165, 1.54) is 11.8 Å². The summed E-state index contributed by atoms with van der Waals surface area (Å²) in [6.07, 6.45) is 8.78. The topological polar surface area (TPSA) is 114 Å². The molecule has 48 heavy (non-hydrogen) atoms. The predicted octanol–water partition coefficient (Wildman–Crippen LogP) is 8.88. The molecule has 5 atom stereocenters. The number of rotatable bonds is 25. The fraction of sp³-hybridized carbons (Fsp3) is 0.737. The Morgan fingerprint density at radius 2 is 1.00 bits per heavy atom. The highest BCUT2D eigenvalue weighted by Gasteiger charge is 2.53. The molecule has 0 unspecified atom stereocenters. The van der Waals surface area contributed by atoms with Gasteiger partial charge in [0.15, 0.2) is 18.3 Å². The molecule has 1 aliphatic heterocycles. The van der Waals surface area contributed by atoms with E-state index in [1.807, 2.05) is 37.3 Å². The molecule has 1 aromatic rings. The summed E-state index contributed by atoms with van der Waals surface area (Å²) in [6, 6.07) is 9.51. The molecule has 0 bridgehead atoms. The summed E-state index contributed by atoms with van der Waals surface area (Å²) in [7, 11) is 0. The van der Waals surface area contributed by atoms with Crippen molar-refractivity contribution in [1.29, 1.82) is 0 Å². The Balaban J connectivity index is 2.45. The van der Waals surface area contributed by atoms with Crippen LogP contribution in [0.3, 0.4) is 0 Å². The number of unbranched alkanes of at least 4 members (excludes halogenated alkanes) is 10. The van der Waals surface area contributed by atoms with Crippen molar-refractivity contribution < 1.29 is 42.9 Å². The molecule has 272 valence electrons. The molecule has 0 radical (unpaired) electrons. The normalized spacial score (nSPS) is 20.5. The first-order valence-electron chi connectivity index (χ1n) is 18.4. The fourth-order valence-corrected chi connectivity index (χ4v) is 6.58. The number of esters is 4. The number of hydrogen-bond donors (Lipinski definition) is 0. The zero-order valence-electron chi connectivity index (χ0n) is 29.8. The lowest BCUT2D eigenvalue weighted by Crippen LogP contribution is -2.61. The van der Waals surface area contributed by atoms with Crippen LogP contribution in [0.4, 0.5) is 0 Å². The molecule has 10 heteroatoms. The van der Waals surface area contributed by atoms with Gasteiger partial charge in [0.1, 0.15) is 18.1 Å². The minimum atomic E-state index is -1.16. The number of benzene rings is 1. The highest BCUT2D eigenvalue weighted by atomic mass is 32.2. The van der Waals surface area contributed by atoms with Gasteiger partial charge in [0.2, 0.25) is 0 Å². The summed E-state index contributed by atoms with van der Waals surface area (Å²) >= 11 is 1.32. The Bertz CT molecular complexity index is 1050. The molecular weight excluding hydrogens is 632 g/mol. The second-order valence-corrected chi connectivity index (χ2v) is 13.7. The maximum atomic E-state index is 13.3. The molecule has 0 aromatic heterocycles. The molecule has 9 nitrogen and oxygen atoms in total. The van der Waals surface area contributed by atoms with E-state index < -0.39 is 47.8 Å². The lowest BCUT2D eigenvalue weighted by molar-refractivity contribution is -0.239. The highest BCUT2D eigenvalue weighted by molar-refractivity contribution is 7.99. The first kappa shape index (κ1) is 41.6. The fourth-order valence-electron chi connectivity index (χ4n) is 5.45. The molecule has 0 aliphatic carbocycles. The average molecular weight is 693 g/mol. The van der Waals surface area contributed by atoms with E-state index in [0.717, 1.165) is 69.1 Å². The average Bonchev–Trinajstić information content (AvgIpc) is 3.07. The van der Waals surface area contributed by atoms with Crippen LogP contribution < -0.4 is 0 Å². The van der Waals surface area contributed by atoms with Crippen LogP contribution in [0.5, 0.6) is 0 Å². The van der Waals surface area contributed by atoms with Gasteiger partial charge in [-0.3, -0.25) is 19.2 Å². The van der Waals surface area contributed by atoms with Gasteiger partial charge in [-0.15, -0.1) is 0 Å². The van der Waals surface area contributed by atoms with Gasteiger partial charge >= 0.3 is 23.9 Å². The third-order valence-corrected chi connectivity index (χ3v) is 9.39. The zero-order chi connectivity index (χ0) is 35.0. The third kappa shape index (κ3) is 16.7. The minimum Gasteiger partial charge on any atom is -0.463 e. The van der Waals surface area contributed by atoms with E-state index in [9.17, 15) is 19.2 Å². The summed E-state index contributed by atoms with van der Waals surface area (Å²) < 4.78 is 30.4. The molecule has 1 fully saturated rings. The standard InChI is InChI=1S/C38H60O9S/c1-5-9-13-14-21-27-34(42)47-37-36(46-33(41)26-18-12-8-4)35(45-32(40)25-17-11-7-3)30(28-43-31(39)24-16-10-6-2)44-38(37)48-29-22-19-15-20-23-29/h15,19-20,22-23,30,35-38H,5-14,16-18,21,24-28H2,1-4H3/t30-,35-,36+,37+,38-/m1/s1. The maximum absolute atomic E-state index is 13.3. The van der Waals surface area contributed by atoms with Gasteiger partial charge in [0, 0.05) is 30.6 Å². The Labute approximate surface area is 292 Å². The van der Waals surface area contributed by atoms with E-state index in [4.69, 9.17) is 23.7 Å². The van der Waals surface area contributed by atoms with Gasteiger partial charge in [0.25, 0.3) is 0 Å². The van der Waals surface area contributed by atoms with Gasteiger partial charge in [0.05, 0.1) is 0 Å². The number of thioether (sulfide) groups is 1. The van der Waals surface area contributed by atoms with E-state index in [0.29, 0.717) is 25.7 Å². The summed E-state index contributed by atoms with van der Waals surface area (Å²) in [5.41, 5.74) is -0.830. The van der Waals surface area contributed by atoms with E-state index in [1.54, 1.807) is 0 Å². The Kier molecular flexibility index (Phi) is 22.0. The van der Waals surface area contributed by atoms with E-state index >= 15 is 0 Å². The molecule has 0 spiro atoms. The molecular formula is C38H60O9S. The Morgan fingerprint density at radius 3 is 1.54 bits per heavy atom. The van der Waals surface area contributed by atoms with Crippen molar-refractivity contribution in [2.75, 3.05) is 6.61 Å². The molecule has 1 heterocycles. The molecule has 1 saturated heterocycles. The summed E-state index contributed by atoms with van der Waals surface area (Å²) in [4.78, 5) is 53.3. The highest BCUT2D eigenvalue weighted by Crippen LogP contribution is 2.38. The quantitative estimate of drug-likeness (QED) is 0.0559. The van der Waals surface area contributed by atoms with Crippen molar-refractivity contribution in [1.82, 2.24) is 0 Å². The van der Waals surface area contributed by atoms with Crippen molar-refractivity contribution in [3.63, 3.8) is 0 Å². The monoisotopic (exact) mass is 692 g/mol. The van der Waals surface area contributed by atoms with Crippen LogP contribution >= 0.6 is 11.8 Å². The van der Waals surface area contributed by atoms with Crippen molar-refractivity contribution in [2.45, 2.75) is 178 Å². The van der Waals surface area contributed by atoms with Crippen LogP contribution in [-0.4, -0.2) is 60.3 Å². The second kappa shape index (κ2) is 25.4. The molecule has 0 N–H and O–H groups in total. The van der Waals surface area contributed by atoms with Crippen molar-refractivity contribution >= 4 is 35.6 Å². The number of carbonyl (C=O) groups is 4. The van der Waals surface area contributed by atoms with Crippen molar-refractivity contribution in [3.8, 4) is 0 Å². The van der Waals surface area contributed by atoms with Gasteiger partial charge in [-0.25, -0.2) is 0 Å². The van der Waals surface area contributed by atoms with Crippen LogP contribution in [-0.2, 0) is 42.9 Å². The predicted molar refractivity (Wildman–Crippen MR) is 187 cm³/mol. The third-order valence-electron chi connectivity index (χ3n) is 8.24. The minimum absolute atomic E-state index is 0.175. The molecule has 1 aliphatic rings. The van der Waals surface area contributed by atoms with Crippen LogP contribution in [0.1, 0.15) is 143 Å². The summed E-state index contributed by atoms with van der Waals surface area (Å²) in [5, 5.41) is 0.